The van der Waals surface area contributed by atoms with E-state index in [1.54, 1.807) is 79.7 Å². The Morgan fingerprint density at radius 2 is 1.62 bits per heavy atom. The van der Waals surface area contributed by atoms with Gasteiger partial charge in [0.05, 0.1) is 28.5 Å². The summed E-state index contributed by atoms with van der Waals surface area (Å²) in [6.45, 7) is 3.59. The molecule has 10 nitrogen and oxygen atoms in total. The molecular weight excluding hydrogens is 616 g/mol. The predicted octanol–water partition coefficient (Wildman–Crippen LogP) is 7.09. The lowest BCUT2D eigenvalue weighted by molar-refractivity contribution is -0.385. The first kappa shape index (κ1) is 32.8. The number of carbonyl (C=O) groups excluding carboxylic acids is 3. The predicted molar refractivity (Wildman–Crippen MR) is 177 cm³/mol. The number of nitro benzene ring substituents is 1. The van der Waals surface area contributed by atoms with Gasteiger partial charge in [0.25, 0.3) is 17.5 Å². The minimum atomic E-state index is -0.683. The molecular formula is C33H29ClN4O6S. The lowest BCUT2D eigenvalue weighted by Crippen LogP contribution is -2.30. The summed E-state index contributed by atoms with van der Waals surface area (Å²) in [5.41, 5.74) is 1.76. The molecule has 0 bridgehead atoms. The van der Waals surface area contributed by atoms with E-state index < -0.39 is 22.0 Å². The summed E-state index contributed by atoms with van der Waals surface area (Å²) in [5.74, 6) is -1.03. The van der Waals surface area contributed by atoms with E-state index >= 15 is 0 Å². The second kappa shape index (κ2) is 15.0. The van der Waals surface area contributed by atoms with Crippen molar-refractivity contribution in [3.63, 3.8) is 0 Å². The summed E-state index contributed by atoms with van der Waals surface area (Å²) in [5, 5.41) is 19.8. The number of nitrogens with zero attached hydrogens (tertiary/aromatic N) is 1. The third kappa shape index (κ3) is 8.71. The second-order valence-corrected chi connectivity index (χ2v) is 11.5. The molecule has 3 N–H and O–H groups in total. The maximum absolute atomic E-state index is 13.3. The summed E-state index contributed by atoms with van der Waals surface area (Å²) >= 11 is 7.48. The van der Waals surface area contributed by atoms with Crippen LogP contribution in [0.5, 0.6) is 5.75 Å². The number of halogens is 1. The minimum Gasteiger partial charge on any atom is -0.495 e. The summed E-state index contributed by atoms with van der Waals surface area (Å²) in [6, 6.07) is 24.3. The molecule has 3 amide bonds. The quantitative estimate of drug-likeness (QED) is 0.0685. The van der Waals surface area contributed by atoms with E-state index in [4.69, 9.17) is 16.3 Å². The van der Waals surface area contributed by atoms with Gasteiger partial charge in [0.15, 0.2) is 0 Å². The smallest absolute Gasteiger partial charge is 0.276 e. The molecule has 0 spiro atoms. The van der Waals surface area contributed by atoms with Gasteiger partial charge in [-0.1, -0.05) is 41.9 Å². The summed E-state index contributed by atoms with van der Waals surface area (Å²) in [6.07, 6.45) is 1.26. The highest BCUT2D eigenvalue weighted by molar-refractivity contribution is 8.00. The largest absolute Gasteiger partial charge is 0.495 e. The zero-order valence-corrected chi connectivity index (χ0v) is 26.1. The van der Waals surface area contributed by atoms with Gasteiger partial charge >= 0.3 is 0 Å². The van der Waals surface area contributed by atoms with Crippen molar-refractivity contribution in [2.45, 2.75) is 24.0 Å². The molecule has 12 heteroatoms. The van der Waals surface area contributed by atoms with Crippen LogP contribution in [0.2, 0.25) is 5.02 Å². The van der Waals surface area contributed by atoms with Crippen LogP contribution in [0.1, 0.15) is 28.4 Å². The number of carbonyl (C=O) groups is 3. The Morgan fingerprint density at radius 3 is 2.29 bits per heavy atom. The van der Waals surface area contributed by atoms with Crippen LogP contribution >= 0.6 is 23.4 Å². The van der Waals surface area contributed by atoms with Crippen LogP contribution in [0.4, 0.5) is 17.1 Å². The number of hydrogen-bond donors (Lipinski definition) is 3. The van der Waals surface area contributed by atoms with Crippen LogP contribution in [0.15, 0.2) is 102 Å². The highest BCUT2D eigenvalue weighted by Gasteiger charge is 2.20. The van der Waals surface area contributed by atoms with Crippen LogP contribution in [0.25, 0.3) is 6.08 Å². The number of benzene rings is 4. The SMILES string of the molecule is COc1cc(Cl)c(C)cc1NC(=O)C(C)Sc1ccc(NC(=O)/C(=C/c2ccccc2[N+](=O)[O-])NC(=O)c2ccccc2)cc1. The standard InChI is InChI=1S/C33H29ClN4O6S/c1-20-17-27(30(44-3)19-26(20)34)36-31(39)21(2)45-25-15-13-24(14-16-25)35-33(41)28(37-32(40)22-9-5-4-6-10-22)18-23-11-7-8-12-29(23)38(42)43/h4-19,21H,1-3H3,(H,35,41)(H,36,39)(H,37,40)/b28-18-. The van der Waals surface area contributed by atoms with Gasteiger partial charge in [-0.05, 0) is 74.0 Å². The van der Waals surface area contributed by atoms with Crippen LogP contribution in [0, 0.1) is 17.0 Å². The van der Waals surface area contributed by atoms with E-state index in [-0.39, 0.29) is 22.9 Å². The fourth-order valence-corrected chi connectivity index (χ4v) is 5.13. The zero-order valence-electron chi connectivity index (χ0n) is 24.5. The molecule has 4 aromatic carbocycles. The summed E-state index contributed by atoms with van der Waals surface area (Å²) in [4.78, 5) is 50.9. The molecule has 0 aromatic heterocycles. The molecule has 0 aliphatic rings. The molecule has 0 saturated heterocycles. The van der Waals surface area contributed by atoms with E-state index in [1.165, 1.54) is 43.1 Å². The van der Waals surface area contributed by atoms with Crippen molar-refractivity contribution in [2.75, 3.05) is 17.7 Å². The Labute approximate surface area is 269 Å². The van der Waals surface area contributed by atoms with Gasteiger partial charge in [-0.25, -0.2) is 0 Å². The van der Waals surface area contributed by atoms with Gasteiger partial charge in [-0.2, -0.15) is 0 Å². The maximum atomic E-state index is 13.3. The number of hydrogen-bond acceptors (Lipinski definition) is 7. The molecule has 1 atom stereocenters. The summed E-state index contributed by atoms with van der Waals surface area (Å²) < 4.78 is 5.34. The van der Waals surface area contributed by atoms with Crippen molar-refractivity contribution >= 4 is 64.2 Å². The third-order valence-electron chi connectivity index (χ3n) is 6.49. The van der Waals surface area contributed by atoms with E-state index in [0.717, 1.165) is 10.5 Å². The Kier molecular flexibility index (Phi) is 11.0. The number of nitro groups is 1. The molecule has 0 aliphatic heterocycles. The number of aryl methyl sites for hydroxylation is 1. The molecule has 0 aliphatic carbocycles. The number of thioether (sulfide) groups is 1. The topological polar surface area (TPSA) is 140 Å². The van der Waals surface area contributed by atoms with Crippen molar-refractivity contribution in [1.82, 2.24) is 5.32 Å². The van der Waals surface area contributed by atoms with Gasteiger partial charge in [-0.15, -0.1) is 11.8 Å². The second-order valence-electron chi connectivity index (χ2n) is 9.72. The van der Waals surface area contributed by atoms with Crippen molar-refractivity contribution < 1.29 is 24.0 Å². The number of ether oxygens (including phenoxy) is 1. The van der Waals surface area contributed by atoms with E-state index in [2.05, 4.69) is 16.0 Å². The number of para-hydroxylation sites is 1. The van der Waals surface area contributed by atoms with Gasteiger partial charge in [0.1, 0.15) is 11.4 Å². The fraction of sp³-hybridized carbons (Fsp3) is 0.121. The van der Waals surface area contributed by atoms with Crippen LogP contribution < -0.4 is 20.7 Å². The Bertz CT molecular complexity index is 1760. The highest BCUT2D eigenvalue weighted by atomic mass is 35.5. The van der Waals surface area contributed by atoms with Crippen molar-refractivity contribution in [3.8, 4) is 5.75 Å². The minimum absolute atomic E-state index is 0.145. The van der Waals surface area contributed by atoms with Crippen LogP contribution in [-0.4, -0.2) is 35.0 Å². The fourth-order valence-electron chi connectivity index (χ4n) is 4.11. The molecule has 1 unspecified atom stereocenters. The first-order chi connectivity index (χ1) is 21.5. The first-order valence-electron chi connectivity index (χ1n) is 13.6. The van der Waals surface area contributed by atoms with E-state index in [0.29, 0.717) is 27.7 Å². The number of methoxy groups -OCH3 is 1. The Hall–Kier alpha value is -5.13. The van der Waals surface area contributed by atoms with Crippen molar-refractivity contribution in [1.29, 1.82) is 0 Å². The van der Waals surface area contributed by atoms with Gasteiger partial charge in [0.2, 0.25) is 5.91 Å². The molecule has 4 aromatic rings. The molecule has 0 fully saturated rings. The molecule has 45 heavy (non-hydrogen) atoms. The molecule has 230 valence electrons. The van der Waals surface area contributed by atoms with Crippen molar-refractivity contribution in [3.05, 3.63) is 129 Å². The molecule has 0 radical (unpaired) electrons. The third-order valence-corrected chi connectivity index (χ3v) is 8.01. The van der Waals surface area contributed by atoms with Gasteiger partial charge in [-0.3, -0.25) is 24.5 Å². The lowest BCUT2D eigenvalue weighted by atomic mass is 10.1. The van der Waals surface area contributed by atoms with Gasteiger partial charge < -0.3 is 20.7 Å². The number of anilines is 2. The van der Waals surface area contributed by atoms with Crippen LogP contribution in [-0.2, 0) is 9.59 Å². The normalized spacial score (nSPS) is 11.7. The number of rotatable bonds is 11. The summed E-state index contributed by atoms with van der Waals surface area (Å²) in [7, 11) is 1.50. The first-order valence-corrected chi connectivity index (χ1v) is 14.9. The van der Waals surface area contributed by atoms with E-state index in [9.17, 15) is 24.5 Å². The maximum Gasteiger partial charge on any atom is 0.276 e. The van der Waals surface area contributed by atoms with E-state index in [1.807, 2.05) is 6.92 Å². The highest BCUT2D eigenvalue weighted by Crippen LogP contribution is 2.32. The number of nitrogens with one attached hydrogen (secondary N) is 3. The average molecular weight is 645 g/mol. The monoisotopic (exact) mass is 644 g/mol. The van der Waals surface area contributed by atoms with Crippen LogP contribution in [0.3, 0.4) is 0 Å². The Balaban J connectivity index is 1.48. The lowest BCUT2D eigenvalue weighted by Gasteiger charge is -2.16. The zero-order chi connectivity index (χ0) is 32.5. The molecule has 0 heterocycles. The Morgan fingerprint density at radius 1 is 0.956 bits per heavy atom. The molecule has 0 saturated carbocycles. The van der Waals surface area contributed by atoms with Crippen molar-refractivity contribution in [2.24, 2.45) is 0 Å². The molecule has 4 rings (SSSR count). The van der Waals surface area contributed by atoms with Gasteiger partial charge in [0, 0.05) is 33.3 Å². The number of amides is 3. The average Bonchev–Trinajstić information content (AvgIpc) is 3.03.